The highest BCUT2D eigenvalue weighted by Gasteiger charge is 2.25. The largest absolute Gasteiger partial charge is 0.462 e. The van der Waals surface area contributed by atoms with Crippen LogP contribution in [0, 0.1) is 6.92 Å². The highest BCUT2D eigenvalue weighted by molar-refractivity contribution is 7.15. The standard InChI is InChI=1S/C19H17N3O3S/c1-11-16(22-19(26-11)15-7-4-10-25-15)18(24)21-14-6-3-2-5-13(14)17(23)20-12-8-9-12/h2-7,10,12H,8-9H2,1H3,(H,20,23)(H,21,24). The highest BCUT2D eigenvalue weighted by Crippen LogP contribution is 2.29. The lowest BCUT2D eigenvalue weighted by Gasteiger charge is -2.10. The summed E-state index contributed by atoms with van der Waals surface area (Å²) < 4.78 is 5.34. The van der Waals surface area contributed by atoms with Crippen molar-refractivity contribution in [1.29, 1.82) is 0 Å². The average Bonchev–Trinajstić information content (AvgIpc) is 3.11. The van der Waals surface area contributed by atoms with Crippen LogP contribution in [0.2, 0.25) is 0 Å². The Balaban J connectivity index is 1.56. The third-order valence-corrected chi connectivity index (χ3v) is 5.06. The van der Waals surface area contributed by atoms with Crippen molar-refractivity contribution in [3.8, 4) is 10.8 Å². The number of furan rings is 1. The van der Waals surface area contributed by atoms with E-state index in [0.29, 0.717) is 27.7 Å². The summed E-state index contributed by atoms with van der Waals surface area (Å²) in [5.41, 5.74) is 1.26. The number of benzene rings is 1. The van der Waals surface area contributed by atoms with E-state index in [9.17, 15) is 9.59 Å². The lowest BCUT2D eigenvalue weighted by atomic mass is 10.1. The Labute approximate surface area is 154 Å². The average molecular weight is 367 g/mol. The zero-order valence-electron chi connectivity index (χ0n) is 14.1. The van der Waals surface area contributed by atoms with Crippen LogP contribution in [0.5, 0.6) is 0 Å². The Bertz CT molecular complexity index is 958. The van der Waals surface area contributed by atoms with Gasteiger partial charge in [0.2, 0.25) is 0 Å². The molecule has 1 fully saturated rings. The van der Waals surface area contributed by atoms with Gasteiger partial charge in [0.25, 0.3) is 11.8 Å². The molecule has 132 valence electrons. The maximum atomic E-state index is 12.7. The number of nitrogens with zero attached hydrogens (tertiary/aromatic N) is 1. The molecule has 2 aromatic heterocycles. The van der Waals surface area contributed by atoms with Crippen molar-refractivity contribution in [2.75, 3.05) is 5.32 Å². The summed E-state index contributed by atoms with van der Waals surface area (Å²) >= 11 is 1.39. The van der Waals surface area contributed by atoms with Crippen molar-refractivity contribution in [3.05, 3.63) is 58.8 Å². The SMILES string of the molecule is Cc1sc(-c2ccco2)nc1C(=O)Nc1ccccc1C(=O)NC1CC1. The van der Waals surface area contributed by atoms with Crippen LogP contribution in [0.1, 0.15) is 38.6 Å². The van der Waals surface area contributed by atoms with Gasteiger partial charge >= 0.3 is 0 Å². The molecule has 0 saturated heterocycles. The molecule has 0 unspecified atom stereocenters. The Morgan fingerprint density at radius 2 is 1.96 bits per heavy atom. The number of aryl methyl sites for hydroxylation is 1. The molecular weight excluding hydrogens is 350 g/mol. The number of hydrogen-bond donors (Lipinski definition) is 2. The molecule has 0 spiro atoms. The van der Waals surface area contributed by atoms with Crippen LogP contribution in [-0.2, 0) is 0 Å². The van der Waals surface area contributed by atoms with E-state index in [1.165, 1.54) is 11.3 Å². The molecule has 1 aliphatic carbocycles. The summed E-state index contributed by atoms with van der Waals surface area (Å²) in [5, 5.41) is 6.41. The lowest BCUT2D eigenvalue weighted by Crippen LogP contribution is -2.27. The minimum absolute atomic E-state index is 0.172. The van der Waals surface area contributed by atoms with Gasteiger partial charge in [-0.25, -0.2) is 4.98 Å². The third kappa shape index (κ3) is 3.39. The molecule has 0 aliphatic heterocycles. The first kappa shape index (κ1) is 16.5. The molecule has 3 aromatic rings. The number of carbonyl (C=O) groups is 2. The molecule has 2 amide bonds. The minimum atomic E-state index is -0.344. The third-order valence-electron chi connectivity index (χ3n) is 4.08. The van der Waals surface area contributed by atoms with Gasteiger partial charge in [-0.2, -0.15) is 0 Å². The van der Waals surface area contributed by atoms with Gasteiger partial charge in [-0.1, -0.05) is 12.1 Å². The summed E-state index contributed by atoms with van der Waals surface area (Å²) in [6.45, 7) is 1.84. The van der Waals surface area contributed by atoms with Crippen molar-refractivity contribution in [3.63, 3.8) is 0 Å². The predicted molar refractivity (Wildman–Crippen MR) is 99.4 cm³/mol. The Morgan fingerprint density at radius 3 is 2.69 bits per heavy atom. The van der Waals surface area contributed by atoms with Gasteiger partial charge in [0.05, 0.1) is 17.5 Å². The number of hydrogen-bond acceptors (Lipinski definition) is 5. The van der Waals surface area contributed by atoms with Gasteiger partial charge in [0.1, 0.15) is 5.69 Å². The molecule has 6 nitrogen and oxygen atoms in total. The molecule has 0 bridgehead atoms. The van der Waals surface area contributed by atoms with Crippen LogP contribution in [0.4, 0.5) is 5.69 Å². The second-order valence-electron chi connectivity index (χ2n) is 6.15. The molecule has 2 heterocycles. The first-order valence-corrected chi connectivity index (χ1v) is 9.16. The number of aromatic nitrogens is 1. The predicted octanol–water partition coefficient (Wildman–Crippen LogP) is 3.86. The molecule has 2 N–H and O–H groups in total. The second-order valence-corrected chi connectivity index (χ2v) is 7.35. The number of para-hydroxylation sites is 1. The fourth-order valence-corrected chi connectivity index (χ4v) is 3.45. The zero-order chi connectivity index (χ0) is 18.1. The monoisotopic (exact) mass is 367 g/mol. The van der Waals surface area contributed by atoms with E-state index in [-0.39, 0.29) is 17.9 Å². The van der Waals surface area contributed by atoms with E-state index >= 15 is 0 Å². The van der Waals surface area contributed by atoms with Gasteiger partial charge in [0.15, 0.2) is 10.8 Å². The summed E-state index contributed by atoms with van der Waals surface area (Å²) in [6, 6.07) is 10.8. The van der Waals surface area contributed by atoms with Crippen LogP contribution in [0.3, 0.4) is 0 Å². The number of anilines is 1. The van der Waals surface area contributed by atoms with Crippen molar-refractivity contribution in [2.45, 2.75) is 25.8 Å². The molecule has 1 aliphatic rings. The van der Waals surface area contributed by atoms with E-state index in [1.807, 2.05) is 6.92 Å². The van der Waals surface area contributed by atoms with E-state index in [4.69, 9.17) is 4.42 Å². The number of thiazole rings is 1. The topological polar surface area (TPSA) is 84.2 Å². The van der Waals surface area contributed by atoms with Crippen LogP contribution in [0.25, 0.3) is 10.8 Å². The Morgan fingerprint density at radius 1 is 1.15 bits per heavy atom. The molecule has 7 heteroatoms. The van der Waals surface area contributed by atoms with Crippen LogP contribution >= 0.6 is 11.3 Å². The molecule has 26 heavy (non-hydrogen) atoms. The summed E-state index contributed by atoms with van der Waals surface area (Å²) in [4.78, 5) is 30.2. The molecule has 0 atom stereocenters. The van der Waals surface area contributed by atoms with E-state index in [0.717, 1.165) is 17.7 Å². The highest BCUT2D eigenvalue weighted by atomic mass is 32.1. The van der Waals surface area contributed by atoms with Crippen molar-refractivity contribution < 1.29 is 14.0 Å². The molecule has 1 saturated carbocycles. The number of nitrogens with one attached hydrogen (secondary N) is 2. The van der Waals surface area contributed by atoms with Gasteiger partial charge in [-0.05, 0) is 44.0 Å². The Kier molecular flexibility index (Phi) is 4.30. The van der Waals surface area contributed by atoms with Crippen molar-refractivity contribution >= 4 is 28.8 Å². The first-order valence-electron chi connectivity index (χ1n) is 8.34. The summed E-state index contributed by atoms with van der Waals surface area (Å²) in [7, 11) is 0. The van der Waals surface area contributed by atoms with Crippen molar-refractivity contribution in [1.82, 2.24) is 10.3 Å². The smallest absolute Gasteiger partial charge is 0.275 e. The van der Waals surface area contributed by atoms with Gasteiger partial charge in [-0.3, -0.25) is 9.59 Å². The molecular formula is C19H17N3O3S. The molecule has 1 aromatic carbocycles. The van der Waals surface area contributed by atoms with E-state index in [2.05, 4.69) is 15.6 Å². The number of rotatable bonds is 5. The molecule has 4 rings (SSSR count). The first-order chi connectivity index (χ1) is 12.6. The summed E-state index contributed by atoms with van der Waals surface area (Å²) in [5.74, 6) is 0.110. The van der Waals surface area contributed by atoms with Gasteiger partial charge in [-0.15, -0.1) is 11.3 Å². The zero-order valence-corrected chi connectivity index (χ0v) is 14.9. The second kappa shape index (κ2) is 6.76. The molecule has 0 radical (unpaired) electrons. The maximum absolute atomic E-state index is 12.7. The van der Waals surface area contributed by atoms with Gasteiger partial charge < -0.3 is 15.1 Å². The van der Waals surface area contributed by atoms with Crippen molar-refractivity contribution in [2.24, 2.45) is 0 Å². The normalized spacial score (nSPS) is 13.4. The van der Waals surface area contributed by atoms with E-state index < -0.39 is 0 Å². The van der Waals surface area contributed by atoms with Gasteiger partial charge in [0, 0.05) is 10.9 Å². The maximum Gasteiger partial charge on any atom is 0.275 e. The van der Waals surface area contributed by atoms with Crippen LogP contribution in [0.15, 0.2) is 47.1 Å². The summed E-state index contributed by atoms with van der Waals surface area (Å²) in [6.07, 6.45) is 3.59. The minimum Gasteiger partial charge on any atom is -0.462 e. The quantitative estimate of drug-likeness (QED) is 0.717. The van der Waals surface area contributed by atoms with Crippen LogP contribution in [-0.4, -0.2) is 22.8 Å². The van der Waals surface area contributed by atoms with Crippen LogP contribution < -0.4 is 10.6 Å². The van der Waals surface area contributed by atoms with E-state index in [1.54, 1.807) is 42.7 Å². The Hall–Kier alpha value is -2.93. The fourth-order valence-electron chi connectivity index (χ4n) is 2.58. The number of amides is 2. The lowest BCUT2D eigenvalue weighted by molar-refractivity contribution is 0.0952. The fraction of sp³-hybridized carbons (Fsp3) is 0.211. The number of carbonyl (C=O) groups excluding carboxylic acids is 2.